The van der Waals surface area contributed by atoms with Crippen molar-refractivity contribution >= 4 is 16.0 Å². The lowest BCUT2D eigenvalue weighted by Gasteiger charge is -1.94. The summed E-state index contributed by atoms with van der Waals surface area (Å²) < 4.78 is 28.0. The van der Waals surface area contributed by atoms with Gasteiger partial charge in [-0.2, -0.15) is 4.98 Å². The lowest BCUT2D eigenvalue weighted by atomic mass is 10.6. The molecule has 0 aliphatic rings. The lowest BCUT2D eigenvalue weighted by Crippen LogP contribution is -2.09. The highest BCUT2D eigenvalue weighted by Crippen LogP contribution is 2.06. The van der Waals surface area contributed by atoms with E-state index in [1.807, 2.05) is 0 Å². The third-order valence-corrected chi connectivity index (χ3v) is 1.44. The summed E-state index contributed by atoms with van der Waals surface area (Å²) in [6, 6.07) is 0.00463. The maximum Gasteiger partial charge on any atom is 0.308 e. The van der Waals surface area contributed by atoms with Crippen LogP contribution < -0.4 is 4.72 Å². The van der Waals surface area contributed by atoms with E-state index in [1.165, 1.54) is 6.26 Å². The van der Waals surface area contributed by atoms with Crippen LogP contribution in [0.5, 0.6) is 0 Å². The molecular weight excluding hydrogens is 168 g/mol. The fourth-order valence-electron chi connectivity index (χ4n) is 0.559. The summed E-state index contributed by atoms with van der Waals surface area (Å²) in [6.07, 6.45) is 2.40. The van der Waals surface area contributed by atoms with Crippen LogP contribution in [0.4, 0.5) is 6.01 Å². The van der Waals surface area contributed by atoms with Gasteiger partial charge in [0.15, 0.2) is 0 Å². The molecule has 1 N–H and O–H groups in total. The van der Waals surface area contributed by atoms with Crippen molar-refractivity contribution in [3.8, 4) is 0 Å². The van der Waals surface area contributed by atoms with Crippen LogP contribution in [0.1, 0.15) is 5.69 Å². The molecule has 1 heterocycles. The molecule has 11 heavy (non-hydrogen) atoms. The normalized spacial score (nSPS) is 11.5. The van der Waals surface area contributed by atoms with Crippen molar-refractivity contribution in [2.24, 2.45) is 0 Å². The first-order chi connectivity index (χ1) is 4.97. The topological polar surface area (TPSA) is 72.2 Å². The minimum Gasteiger partial charge on any atom is -0.431 e. The maximum atomic E-state index is 10.6. The van der Waals surface area contributed by atoms with Crippen molar-refractivity contribution in [1.82, 2.24) is 4.98 Å². The Morgan fingerprint density at radius 2 is 2.27 bits per heavy atom. The van der Waals surface area contributed by atoms with Gasteiger partial charge in [0.2, 0.25) is 10.0 Å². The molecule has 62 valence electrons. The number of aryl methyl sites for hydroxylation is 1. The lowest BCUT2D eigenvalue weighted by molar-refractivity contribution is 0.571. The number of anilines is 1. The van der Waals surface area contributed by atoms with E-state index >= 15 is 0 Å². The first-order valence-corrected chi connectivity index (χ1v) is 4.76. The zero-order valence-corrected chi connectivity index (χ0v) is 6.97. The monoisotopic (exact) mass is 176 g/mol. The van der Waals surface area contributed by atoms with Crippen molar-refractivity contribution in [2.75, 3.05) is 11.0 Å². The highest BCUT2D eigenvalue weighted by molar-refractivity contribution is 7.91. The fraction of sp³-hybridized carbons (Fsp3) is 0.400. The van der Waals surface area contributed by atoms with Gasteiger partial charge in [-0.25, -0.2) is 13.1 Å². The zero-order chi connectivity index (χ0) is 8.48. The standard InChI is InChI=1S/C5H8N2O3S/c1-4-3-10-5(6-4)7-11(2,8)9/h3H,1-2H3,(H,6,7). The minimum atomic E-state index is -3.27. The molecule has 0 aliphatic heterocycles. The van der Waals surface area contributed by atoms with Crippen LogP contribution in [-0.2, 0) is 10.0 Å². The number of rotatable bonds is 2. The highest BCUT2D eigenvalue weighted by atomic mass is 32.2. The molecule has 0 spiro atoms. The minimum absolute atomic E-state index is 0.00463. The summed E-state index contributed by atoms with van der Waals surface area (Å²) in [5.41, 5.74) is 0.635. The number of nitrogens with zero attached hydrogens (tertiary/aromatic N) is 1. The quantitative estimate of drug-likeness (QED) is 0.705. The van der Waals surface area contributed by atoms with Crippen LogP contribution in [0.2, 0.25) is 0 Å². The molecule has 0 bridgehead atoms. The van der Waals surface area contributed by atoms with E-state index in [2.05, 4.69) is 9.71 Å². The smallest absolute Gasteiger partial charge is 0.308 e. The molecule has 0 aliphatic carbocycles. The Hall–Kier alpha value is -1.04. The SMILES string of the molecule is Cc1coc(NS(C)(=O)=O)n1. The van der Waals surface area contributed by atoms with E-state index < -0.39 is 10.0 Å². The van der Waals surface area contributed by atoms with E-state index in [9.17, 15) is 8.42 Å². The van der Waals surface area contributed by atoms with Crippen LogP contribution >= 0.6 is 0 Å². The van der Waals surface area contributed by atoms with Gasteiger partial charge in [0.05, 0.1) is 11.9 Å². The average Bonchev–Trinajstić information content (AvgIpc) is 2.10. The highest BCUT2D eigenvalue weighted by Gasteiger charge is 2.05. The number of hydrogen-bond acceptors (Lipinski definition) is 4. The van der Waals surface area contributed by atoms with E-state index in [0.29, 0.717) is 5.69 Å². The van der Waals surface area contributed by atoms with Gasteiger partial charge in [0.1, 0.15) is 6.26 Å². The second kappa shape index (κ2) is 2.54. The Labute approximate surface area is 64.5 Å². The number of hydrogen-bond donors (Lipinski definition) is 1. The van der Waals surface area contributed by atoms with Crippen molar-refractivity contribution in [2.45, 2.75) is 6.92 Å². The van der Waals surface area contributed by atoms with Gasteiger partial charge in [-0.05, 0) is 6.92 Å². The van der Waals surface area contributed by atoms with Crippen LogP contribution in [0.3, 0.4) is 0 Å². The molecular formula is C5H8N2O3S. The molecule has 0 atom stereocenters. The predicted molar refractivity (Wildman–Crippen MR) is 39.7 cm³/mol. The summed E-state index contributed by atoms with van der Waals surface area (Å²) in [6.45, 7) is 1.71. The van der Waals surface area contributed by atoms with Gasteiger partial charge in [-0.15, -0.1) is 0 Å². The molecule has 1 rings (SSSR count). The molecule has 0 saturated carbocycles. The van der Waals surface area contributed by atoms with Crippen molar-refractivity contribution < 1.29 is 12.8 Å². The van der Waals surface area contributed by atoms with E-state index in [-0.39, 0.29) is 6.01 Å². The Balaban J connectivity index is 2.81. The van der Waals surface area contributed by atoms with Gasteiger partial charge >= 0.3 is 6.01 Å². The summed E-state index contributed by atoms with van der Waals surface area (Å²) >= 11 is 0. The van der Waals surface area contributed by atoms with Gasteiger partial charge in [-0.3, -0.25) is 0 Å². The summed E-state index contributed by atoms with van der Waals surface area (Å²) in [5, 5.41) is 0. The van der Waals surface area contributed by atoms with Crippen LogP contribution in [-0.4, -0.2) is 19.7 Å². The van der Waals surface area contributed by atoms with E-state index in [0.717, 1.165) is 6.26 Å². The first-order valence-electron chi connectivity index (χ1n) is 2.87. The molecule has 1 aromatic rings. The van der Waals surface area contributed by atoms with E-state index in [1.54, 1.807) is 6.92 Å². The number of oxazole rings is 1. The largest absolute Gasteiger partial charge is 0.431 e. The summed E-state index contributed by atoms with van der Waals surface area (Å²) in [5.74, 6) is 0. The Morgan fingerprint density at radius 1 is 1.64 bits per heavy atom. The summed E-state index contributed by atoms with van der Waals surface area (Å²) in [7, 11) is -3.27. The summed E-state index contributed by atoms with van der Waals surface area (Å²) in [4.78, 5) is 3.74. The molecule has 0 fully saturated rings. The molecule has 0 radical (unpaired) electrons. The average molecular weight is 176 g/mol. The fourth-order valence-corrected chi connectivity index (χ4v) is 0.970. The number of sulfonamides is 1. The van der Waals surface area contributed by atoms with Crippen molar-refractivity contribution in [1.29, 1.82) is 0 Å². The Bertz CT molecular complexity index is 340. The molecule has 1 aromatic heterocycles. The Morgan fingerprint density at radius 3 is 2.64 bits per heavy atom. The third-order valence-electron chi connectivity index (χ3n) is 0.892. The predicted octanol–water partition coefficient (Wildman–Crippen LogP) is 0.355. The number of nitrogens with one attached hydrogen (secondary N) is 1. The van der Waals surface area contributed by atoms with Crippen LogP contribution in [0.15, 0.2) is 10.7 Å². The second-order valence-corrected chi connectivity index (χ2v) is 3.92. The van der Waals surface area contributed by atoms with Gasteiger partial charge in [0.25, 0.3) is 0 Å². The van der Waals surface area contributed by atoms with Gasteiger partial charge in [0, 0.05) is 0 Å². The molecule has 5 nitrogen and oxygen atoms in total. The third kappa shape index (κ3) is 2.58. The molecule has 6 heteroatoms. The molecule has 0 aromatic carbocycles. The molecule has 0 unspecified atom stereocenters. The molecule has 0 saturated heterocycles. The second-order valence-electron chi connectivity index (χ2n) is 2.17. The van der Waals surface area contributed by atoms with Crippen LogP contribution in [0, 0.1) is 6.92 Å². The van der Waals surface area contributed by atoms with Gasteiger partial charge < -0.3 is 4.42 Å². The van der Waals surface area contributed by atoms with E-state index in [4.69, 9.17) is 4.42 Å². The number of aromatic nitrogens is 1. The van der Waals surface area contributed by atoms with Crippen molar-refractivity contribution in [3.05, 3.63) is 12.0 Å². The molecule has 0 amide bonds. The Kier molecular flexibility index (Phi) is 1.86. The van der Waals surface area contributed by atoms with Crippen LogP contribution in [0.25, 0.3) is 0 Å². The first kappa shape index (κ1) is 8.06. The van der Waals surface area contributed by atoms with Gasteiger partial charge in [-0.1, -0.05) is 0 Å². The maximum absolute atomic E-state index is 10.6. The van der Waals surface area contributed by atoms with Crippen molar-refractivity contribution in [3.63, 3.8) is 0 Å². The zero-order valence-electron chi connectivity index (χ0n) is 6.16.